The summed E-state index contributed by atoms with van der Waals surface area (Å²) in [6.45, 7) is 11.6. The zero-order valence-corrected chi connectivity index (χ0v) is 10.2. The second-order valence-electron chi connectivity index (χ2n) is 2.81. The Labute approximate surface area is 104 Å². The molecule has 84 valence electrons. The van der Waals surface area contributed by atoms with E-state index in [2.05, 4.69) is 43.4 Å². The topological polar surface area (TPSA) is 0 Å². The summed E-state index contributed by atoms with van der Waals surface area (Å²) in [5, 5.41) is 0. The molecule has 17 heavy (non-hydrogen) atoms. The van der Waals surface area contributed by atoms with Gasteiger partial charge < -0.3 is 0 Å². The highest BCUT2D eigenvalue weighted by atomic mass is 13.8. The zero-order chi connectivity index (χ0) is 12.9. The van der Waals surface area contributed by atoms with Gasteiger partial charge in [-0.3, -0.25) is 0 Å². The number of benzene rings is 1. The quantitative estimate of drug-likeness (QED) is 0.381. The van der Waals surface area contributed by atoms with Crippen molar-refractivity contribution in [2.75, 3.05) is 0 Å². The van der Waals surface area contributed by atoms with Gasteiger partial charge in [-0.2, -0.15) is 0 Å². The normalized spacial score (nSPS) is 8.41. The van der Waals surface area contributed by atoms with Crippen molar-refractivity contribution in [1.29, 1.82) is 0 Å². The van der Waals surface area contributed by atoms with Gasteiger partial charge in [-0.05, 0) is 30.9 Å². The second kappa shape index (κ2) is 10.1. The third-order valence-corrected chi connectivity index (χ3v) is 1.78. The Morgan fingerprint density at radius 3 is 2.29 bits per heavy atom. The first-order valence-corrected chi connectivity index (χ1v) is 5.22. The van der Waals surface area contributed by atoms with E-state index in [1.54, 1.807) is 6.08 Å². The molecule has 0 saturated heterocycles. The Kier molecular flexibility index (Phi) is 8.64. The van der Waals surface area contributed by atoms with E-state index in [0.29, 0.717) is 0 Å². The molecule has 0 N–H and O–H groups in total. The highest BCUT2D eigenvalue weighted by Crippen LogP contribution is 1.94. The second-order valence-corrected chi connectivity index (χ2v) is 2.81. The van der Waals surface area contributed by atoms with Crippen molar-refractivity contribution in [1.82, 2.24) is 0 Å². The average molecular weight is 220 g/mol. The fourth-order valence-electron chi connectivity index (χ4n) is 0.969. The van der Waals surface area contributed by atoms with Crippen LogP contribution < -0.4 is 0 Å². The van der Waals surface area contributed by atoms with E-state index in [-0.39, 0.29) is 0 Å². The molecule has 1 aromatic carbocycles. The Balaban J connectivity index is 0.00000121. The molecule has 0 bridgehead atoms. The molecule has 0 heterocycles. The molecule has 0 amide bonds. The van der Waals surface area contributed by atoms with Crippen LogP contribution in [0.1, 0.15) is 12.5 Å². The fourth-order valence-corrected chi connectivity index (χ4v) is 0.969. The van der Waals surface area contributed by atoms with Crippen LogP contribution in [0.5, 0.6) is 0 Å². The summed E-state index contributed by atoms with van der Waals surface area (Å²) in [4.78, 5) is 0. The Morgan fingerprint density at radius 2 is 1.76 bits per heavy atom. The van der Waals surface area contributed by atoms with Crippen LogP contribution in [0.2, 0.25) is 0 Å². The Hall–Kier alpha value is -2.44. The average Bonchev–Trinajstić information content (AvgIpc) is 2.42. The lowest BCUT2D eigenvalue weighted by Gasteiger charge is -1.84. The van der Waals surface area contributed by atoms with E-state index < -0.39 is 0 Å². The summed E-state index contributed by atoms with van der Waals surface area (Å²) >= 11 is 0. The lowest BCUT2D eigenvalue weighted by Crippen LogP contribution is -1.70. The molecule has 0 spiro atoms. The molecule has 0 aromatic heterocycles. The smallest absolute Gasteiger partial charge is 0.0255 e. The maximum Gasteiger partial charge on any atom is 0.0255 e. The van der Waals surface area contributed by atoms with E-state index >= 15 is 0 Å². The third kappa shape index (κ3) is 6.61. The van der Waals surface area contributed by atoms with Crippen LogP contribution in [-0.4, -0.2) is 0 Å². The monoisotopic (exact) mass is 220 g/mol. The van der Waals surface area contributed by atoms with E-state index in [4.69, 9.17) is 0 Å². The van der Waals surface area contributed by atoms with Crippen LogP contribution in [0.25, 0.3) is 0 Å². The predicted molar refractivity (Wildman–Crippen MR) is 76.3 cm³/mol. The van der Waals surface area contributed by atoms with Gasteiger partial charge in [0.05, 0.1) is 0 Å². The van der Waals surface area contributed by atoms with Gasteiger partial charge in [0, 0.05) is 11.1 Å². The first-order chi connectivity index (χ1) is 8.36. The van der Waals surface area contributed by atoms with Gasteiger partial charge in [-0.15, -0.1) is 13.2 Å². The molecule has 0 aliphatic carbocycles. The lowest BCUT2D eigenvalue weighted by molar-refractivity contribution is 1.65. The van der Waals surface area contributed by atoms with E-state index in [1.807, 2.05) is 43.3 Å². The van der Waals surface area contributed by atoms with Gasteiger partial charge in [-0.25, -0.2) is 0 Å². The standard InChI is InChI=1S/C15H12.C2H4/c1-3-14(4-2)10-8-9-13-15-11-6-5-7-12-15;1-2/h3-7,11-12H,1H2,2H3;1-2H2/b14-4+;. The fraction of sp³-hybridized carbons (Fsp3) is 0.0588. The van der Waals surface area contributed by atoms with Crippen molar-refractivity contribution in [2.24, 2.45) is 0 Å². The van der Waals surface area contributed by atoms with Crippen molar-refractivity contribution in [3.8, 4) is 23.7 Å². The highest BCUT2D eigenvalue weighted by Gasteiger charge is 1.79. The van der Waals surface area contributed by atoms with Crippen LogP contribution >= 0.6 is 0 Å². The minimum atomic E-state index is 0.900. The van der Waals surface area contributed by atoms with Crippen LogP contribution in [0, 0.1) is 23.7 Å². The number of hydrogen-bond acceptors (Lipinski definition) is 0. The number of hydrogen-bond donors (Lipinski definition) is 0. The molecule has 0 saturated carbocycles. The van der Waals surface area contributed by atoms with Gasteiger partial charge >= 0.3 is 0 Å². The maximum atomic E-state index is 3.65. The van der Waals surface area contributed by atoms with Gasteiger partial charge in [0.2, 0.25) is 0 Å². The summed E-state index contributed by atoms with van der Waals surface area (Å²) in [6, 6.07) is 9.79. The molecule has 1 aromatic rings. The lowest BCUT2D eigenvalue weighted by atomic mass is 10.2. The summed E-state index contributed by atoms with van der Waals surface area (Å²) < 4.78 is 0. The molecule has 0 atom stereocenters. The van der Waals surface area contributed by atoms with Crippen LogP contribution in [0.4, 0.5) is 0 Å². The van der Waals surface area contributed by atoms with Crippen molar-refractivity contribution >= 4 is 0 Å². The molecule has 0 unspecified atom stereocenters. The SMILES string of the molecule is C=C.C=C/C(C#CC#Cc1ccccc1)=C\C. The number of rotatable bonds is 1. The van der Waals surface area contributed by atoms with Crippen molar-refractivity contribution < 1.29 is 0 Å². The molecular formula is C17H16. The summed E-state index contributed by atoms with van der Waals surface area (Å²) in [7, 11) is 0. The third-order valence-electron chi connectivity index (χ3n) is 1.78. The van der Waals surface area contributed by atoms with Crippen LogP contribution in [0.3, 0.4) is 0 Å². The van der Waals surface area contributed by atoms with Gasteiger partial charge in [0.15, 0.2) is 0 Å². The highest BCUT2D eigenvalue weighted by molar-refractivity contribution is 5.45. The molecule has 0 fully saturated rings. The van der Waals surface area contributed by atoms with E-state index in [0.717, 1.165) is 11.1 Å². The maximum absolute atomic E-state index is 3.65. The molecule has 0 radical (unpaired) electrons. The van der Waals surface area contributed by atoms with Crippen LogP contribution in [0.15, 0.2) is 67.8 Å². The molecular weight excluding hydrogens is 204 g/mol. The molecule has 0 aliphatic heterocycles. The number of allylic oxidation sites excluding steroid dienone is 3. The molecule has 1 rings (SSSR count). The minimum absolute atomic E-state index is 0.900. The van der Waals surface area contributed by atoms with Crippen molar-refractivity contribution in [2.45, 2.75) is 6.92 Å². The van der Waals surface area contributed by atoms with Crippen LogP contribution in [-0.2, 0) is 0 Å². The Morgan fingerprint density at radius 1 is 1.12 bits per heavy atom. The first kappa shape index (κ1) is 14.6. The van der Waals surface area contributed by atoms with E-state index in [1.165, 1.54) is 0 Å². The first-order valence-electron chi connectivity index (χ1n) is 5.22. The minimum Gasteiger partial charge on any atom is -0.106 e. The molecule has 0 aliphatic rings. The van der Waals surface area contributed by atoms with E-state index in [9.17, 15) is 0 Å². The van der Waals surface area contributed by atoms with Gasteiger partial charge in [-0.1, -0.05) is 48.8 Å². The van der Waals surface area contributed by atoms with Crippen molar-refractivity contribution in [3.63, 3.8) is 0 Å². The molecule has 0 heteroatoms. The zero-order valence-electron chi connectivity index (χ0n) is 10.2. The van der Waals surface area contributed by atoms with Crippen molar-refractivity contribution in [3.05, 3.63) is 73.4 Å². The summed E-state index contributed by atoms with van der Waals surface area (Å²) in [5.74, 6) is 11.5. The van der Waals surface area contributed by atoms with Gasteiger partial charge in [0.25, 0.3) is 0 Å². The summed E-state index contributed by atoms with van der Waals surface area (Å²) in [6.07, 6.45) is 3.63. The summed E-state index contributed by atoms with van der Waals surface area (Å²) in [5.41, 5.74) is 1.88. The predicted octanol–water partition coefficient (Wildman–Crippen LogP) is 3.98. The molecule has 0 nitrogen and oxygen atoms in total. The Bertz CT molecular complexity index is 482. The largest absolute Gasteiger partial charge is 0.106 e. The van der Waals surface area contributed by atoms with Gasteiger partial charge in [0.1, 0.15) is 0 Å².